The van der Waals surface area contributed by atoms with Crippen LogP contribution in [0, 0.1) is 0 Å². The summed E-state index contributed by atoms with van der Waals surface area (Å²) in [5.74, 6) is 3.10. The molecule has 0 atom stereocenters. The molecule has 0 unspecified atom stereocenters. The van der Waals surface area contributed by atoms with E-state index in [1.807, 2.05) is 0 Å². The Bertz CT molecular complexity index is 3490. The topological polar surface area (TPSA) is 8.82 Å². The van der Waals surface area contributed by atoms with Crippen molar-refractivity contribution in [1.82, 2.24) is 8.80 Å². The van der Waals surface area contributed by atoms with E-state index in [9.17, 15) is 0 Å². The average Bonchev–Trinajstić information content (AvgIpc) is 4.02. The van der Waals surface area contributed by atoms with Crippen molar-refractivity contribution in [2.75, 3.05) is 0 Å². The van der Waals surface area contributed by atoms with Crippen molar-refractivity contribution in [3.63, 3.8) is 0 Å². The van der Waals surface area contributed by atoms with Gasteiger partial charge < -0.3 is 8.80 Å². The van der Waals surface area contributed by atoms with Gasteiger partial charge in [-0.1, -0.05) is 171 Å². The highest BCUT2D eigenvalue weighted by Crippen LogP contribution is 2.55. The van der Waals surface area contributed by atoms with Crippen molar-refractivity contribution >= 4 is 76.2 Å². The molecule has 0 saturated heterocycles. The molecular weight excluding hydrogens is 821 g/mol. The van der Waals surface area contributed by atoms with Gasteiger partial charge in [0.05, 0.1) is 33.1 Å². The van der Waals surface area contributed by atoms with Gasteiger partial charge in [0.25, 0.3) is 0 Å². The van der Waals surface area contributed by atoms with Crippen LogP contribution in [0.3, 0.4) is 0 Å². The Morgan fingerprint density at radius 2 is 0.588 bits per heavy atom. The van der Waals surface area contributed by atoms with E-state index < -0.39 is 0 Å². The zero-order chi connectivity index (χ0) is 48.1. The molecule has 0 amide bonds. The lowest BCUT2D eigenvalue weighted by Crippen LogP contribution is -2.00. The second-order valence-electron chi connectivity index (χ2n) is 23.2. The van der Waals surface area contributed by atoms with Crippen LogP contribution in [0.1, 0.15) is 203 Å². The molecule has 4 aromatic heterocycles. The summed E-state index contributed by atoms with van der Waals surface area (Å²) in [7, 11) is 0. The number of hydrogen-bond donors (Lipinski definition) is 0. The molecule has 2 heteroatoms. The highest BCUT2D eigenvalue weighted by atomic mass is 14.9. The molecule has 0 aliphatic carbocycles. The van der Waals surface area contributed by atoms with E-state index in [0.29, 0.717) is 47.3 Å². The highest BCUT2D eigenvalue weighted by Gasteiger charge is 2.32. The summed E-state index contributed by atoms with van der Waals surface area (Å²) in [5.41, 5.74) is 25.0. The van der Waals surface area contributed by atoms with E-state index in [-0.39, 0.29) is 0 Å². The molecule has 0 radical (unpaired) electrons. The summed E-state index contributed by atoms with van der Waals surface area (Å²) in [6.45, 7) is 37.9. The molecule has 2 nitrogen and oxygen atoms in total. The van der Waals surface area contributed by atoms with Crippen molar-refractivity contribution < 1.29 is 0 Å². The maximum Gasteiger partial charge on any atom is 0.0634 e. The lowest BCUT2D eigenvalue weighted by Gasteiger charge is -2.20. The van der Waals surface area contributed by atoms with Gasteiger partial charge in [0, 0.05) is 43.1 Å². The Balaban J connectivity index is 1.46. The molecule has 0 bridgehead atoms. The summed E-state index contributed by atoms with van der Waals surface area (Å²) in [6, 6.07) is 39.4. The van der Waals surface area contributed by atoms with Crippen LogP contribution in [0.25, 0.3) is 98.4 Å². The number of nitrogens with zero attached hydrogens (tertiary/aromatic N) is 2. The van der Waals surface area contributed by atoms with E-state index >= 15 is 0 Å². The normalized spacial score (nSPS) is 13.2. The first kappa shape index (κ1) is 44.6. The van der Waals surface area contributed by atoms with Crippen molar-refractivity contribution in [2.45, 2.75) is 158 Å². The monoisotopic (exact) mass is 893 g/mol. The van der Waals surface area contributed by atoms with Crippen molar-refractivity contribution in [1.29, 1.82) is 0 Å². The lowest BCUT2D eigenvalue weighted by atomic mass is 9.84. The number of benzene rings is 7. The van der Waals surface area contributed by atoms with Gasteiger partial charge in [-0.05, 0) is 151 Å². The molecule has 7 aromatic carbocycles. The summed E-state index contributed by atoms with van der Waals surface area (Å²) in [5, 5.41) is 11.1. The summed E-state index contributed by atoms with van der Waals surface area (Å²) < 4.78 is 5.47. The van der Waals surface area contributed by atoms with Crippen molar-refractivity contribution in [3.05, 3.63) is 142 Å². The Morgan fingerprint density at radius 1 is 0.279 bits per heavy atom. The molecule has 0 N–H and O–H groups in total. The molecule has 346 valence electrons. The van der Waals surface area contributed by atoms with Crippen LogP contribution < -0.4 is 0 Å². The predicted octanol–water partition coefficient (Wildman–Crippen LogP) is 20.3. The zero-order valence-corrected chi connectivity index (χ0v) is 43.8. The molecular formula is C66H72N2. The summed E-state index contributed by atoms with van der Waals surface area (Å²) in [6.07, 6.45) is 0. The first-order valence-electron chi connectivity index (χ1n) is 26.2. The first-order valence-corrected chi connectivity index (χ1v) is 26.2. The van der Waals surface area contributed by atoms with E-state index in [2.05, 4.69) is 217 Å². The van der Waals surface area contributed by atoms with Gasteiger partial charge in [-0.3, -0.25) is 0 Å². The maximum absolute atomic E-state index is 2.73. The van der Waals surface area contributed by atoms with E-state index in [0.717, 1.165) is 0 Å². The number of aromatic nitrogens is 2. The van der Waals surface area contributed by atoms with Crippen LogP contribution in [0.2, 0.25) is 0 Å². The number of fused-ring (bicyclic) bond motifs is 14. The van der Waals surface area contributed by atoms with Crippen LogP contribution in [0.15, 0.2) is 97.1 Å². The Morgan fingerprint density at radius 3 is 0.882 bits per heavy atom. The minimum absolute atomic E-state index is 0.343. The van der Waals surface area contributed by atoms with E-state index in [4.69, 9.17) is 0 Å². The summed E-state index contributed by atoms with van der Waals surface area (Å²) in [4.78, 5) is 0. The first-order chi connectivity index (χ1) is 32.4. The van der Waals surface area contributed by atoms with Gasteiger partial charge in [0.1, 0.15) is 0 Å². The number of rotatable bonds is 10. The quantitative estimate of drug-likeness (QED) is 0.129. The SMILES string of the molecule is CC(C)c1cc(C(C)C)c2c(c1)c1c3c4cc(-c5c(C(C)C)cccc5C(C)C)ccc4n4c5c(C(C)C)cc(C(C)C)cc5c(c5c6cc(-c7c(C(C)C)cccc7C(C)C)ccc6n2c51)c34. The molecule has 4 heterocycles. The molecule has 0 aliphatic heterocycles. The van der Waals surface area contributed by atoms with Crippen LogP contribution in [0.4, 0.5) is 0 Å². The molecule has 11 aromatic rings. The fourth-order valence-electron chi connectivity index (χ4n) is 12.7. The molecule has 11 rings (SSSR count). The Kier molecular flexibility index (Phi) is 10.4. The molecule has 0 aliphatic rings. The lowest BCUT2D eigenvalue weighted by molar-refractivity contribution is 0.838. The maximum atomic E-state index is 2.73. The third-order valence-corrected chi connectivity index (χ3v) is 16.1. The average molecular weight is 893 g/mol. The largest absolute Gasteiger partial charge is 0.308 e. The smallest absolute Gasteiger partial charge is 0.0634 e. The van der Waals surface area contributed by atoms with Crippen LogP contribution in [-0.4, -0.2) is 8.80 Å². The van der Waals surface area contributed by atoms with Gasteiger partial charge in [-0.25, -0.2) is 0 Å². The number of hydrogen-bond acceptors (Lipinski definition) is 0. The third-order valence-electron chi connectivity index (χ3n) is 16.1. The summed E-state index contributed by atoms with van der Waals surface area (Å²) >= 11 is 0. The van der Waals surface area contributed by atoms with E-state index in [1.165, 1.54) is 143 Å². The van der Waals surface area contributed by atoms with Crippen LogP contribution in [-0.2, 0) is 0 Å². The van der Waals surface area contributed by atoms with Gasteiger partial charge >= 0.3 is 0 Å². The fourth-order valence-corrected chi connectivity index (χ4v) is 12.7. The van der Waals surface area contributed by atoms with E-state index in [1.54, 1.807) is 0 Å². The van der Waals surface area contributed by atoms with Gasteiger partial charge in [-0.2, -0.15) is 0 Å². The molecule has 0 saturated carbocycles. The second kappa shape index (κ2) is 15.8. The molecule has 0 fully saturated rings. The standard InChI is InChI=1S/C66H72N2/c1-33(2)43-29-49(39(13)14)63-53(31-43)61-59-51-27-41(57-45(35(5)6)19-17-20-46(57)36(7)8)24-26-56(51)68-64-50(40(15)16)30-44(34(3)4)32-54(64)62(66(59)68)60-52-28-42(23-25-55(52)67(63)65(60)61)58-47(37(9)10)21-18-22-48(58)38(11)12/h17-40H,1-16H3. The molecule has 0 spiro atoms. The Labute approximate surface area is 405 Å². The zero-order valence-electron chi connectivity index (χ0n) is 43.8. The molecule has 68 heavy (non-hydrogen) atoms. The predicted molar refractivity (Wildman–Crippen MR) is 299 cm³/mol. The van der Waals surface area contributed by atoms with Crippen LogP contribution in [0.5, 0.6) is 0 Å². The third kappa shape index (κ3) is 6.20. The van der Waals surface area contributed by atoms with Crippen molar-refractivity contribution in [3.8, 4) is 22.3 Å². The Hall–Kier alpha value is -5.86. The van der Waals surface area contributed by atoms with Gasteiger partial charge in [-0.15, -0.1) is 0 Å². The van der Waals surface area contributed by atoms with Gasteiger partial charge in [0.2, 0.25) is 0 Å². The van der Waals surface area contributed by atoms with Crippen molar-refractivity contribution in [2.24, 2.45) is 0 Å². The minimum Gasteiger partial charge on any atom is -0.308 e. The second-order valence-corrected chi connectivity index (χ2v) is 23.2. The van der Waals surface area contributed by atoms with Crippen LogP contribution >= 0.6 is 0 Å². The fraction of sp³-hybridized carbons (Fsp3) is 0.364. The van der Waals surface area contributed by atoms with Gasteiger partial charge in [0.15, 0.2) is 0 Å². The minimum atomic E-state index is 0.343. The highest BCUT2D eigenvalue weighted by molar-refractivity contribution is 6.45.